The summed E-state index contributed by atoms with van der Waals surface area (Å²) < 4.78 is 6.64. The van der Waals surface area contributed by atoms with Gasteiger partial charge in [0.25, 0.3) is 0 Å². The average molecular weight is 448 g/mol. The molecule has 28 heavy (non-hydrogen) atoms. The van der Waals surface area contributed by atoms with Crippen molar-refractivity contribution in [1.29, 1.82) is 0 Å². The van der Waals surface area contributed by atoms with Gasteiger partial charge in [-0.15, -0.1) is 0 Å². The third kappa shape index (κ3) is 9.22. The average Bonchev–Trinajstić information content (AvgIpc) is 2.70. The molecule has 0 bridgehead atoms. The summed E-state index contributed by atoms with van der Waals surface area (Å²) in [6.07, 6.45) is 11.9. The van der Waals surface area contributed by atoms with Gasteiger partial charge < -0.3 is 10.1 Å². The summed E-state index contributed by atoms with van der Waals surface area (Å²) in [4.78, 5) is 16.1. The summed E-state index contributed by atoms with van der Waals surface area (Å²) in [7, 11) is 0. The molecule has 0 fully saturated rings. The van der Waals surface area contributed by atoms with E-state index in [0.29, 0.717) is 11.5 Å². The predicted molar refractivity (Wildman–Crippen MR) is 119 cm³/mol. The number of nitrogens with one attached hydrogen (secondary N) is 2. The number of aromatic nitrogens is 1. The Kier molecular flexibility index (Phi) is 10.4. The van der Waals surface area contributed by atoms with Crippen molar-refractivity contribution in [3.8, 4) is 5.75 Å². The number of nitrogens with zero attached hydrogens (tertiary/aromatic N) is 1. The molecule has 0 aliphatic rings. The minimum absolute atomic E-state index is 0.331. The van der Waals surface area contributed by atoms with Gasteiger partial charge >= 0.3 is 6.03 Å². The lowest BCUT2D eigenvalue weighted by Crippen LogP contribution is -2.19. The maximum absolute atomic E-state index is 12.0. The van der Waals surface area contributed by atoms with Crippen molar-refractivity contribution < 1.29 is 9.53 Å². The number of pyridine rings is 1. The molecule has 0 unspecified atom stereocenters. The van der Waals surface area contributed by atoms with Gasteiger partial charge in [-0.2, -0.15) is 0 Å². The summed E-state index contributed by atoms with van der Waals surface area (Å²) in [6.45, 7) is 2.98. The van der Waals surface area contributed by atoms with E-state index in [1.807, 2.05) is 30.3 Å². The first-order valence-electron chi connectivity index (χ1n) is 10.1. The Bertz CT molecular complexity index is 690. The highest BCUT2D eigenvalue weighted by atomic mass is 79.9. The van der Waals surface area contributed by atoms with Crippen LogP contribution in [-0.2, 0) is 0 Å². The second-order valence-electron chi connectivity index (χ2n) is 6.79. The highest BCUT2D eigenvalue weighted by Gasteiger charge is 2.04. The van der Waals surface area contributed by atoms with Crippen LogP contribution in [0.2, 0.25) is 0 Å². The normalized spacial score (nSPS) is 10.5. The zero-order valence-corrected chi connectivity index (χ0v) is 18.1. The first kappa shape index (κ1) is 22.2. The van der Waals surface area contributed by atoms with Gasteiger partial charge in [0.2, 0.25) is 0 Å². The van der Waals surface area contributed by atoms with Crippen LogP contribution >= 0.6 is 15.9 Å². The van der Waals surface area contributed by atoms with Crippen LogP contribution in [0.15, 0.2) is 47.1 Å². The number of benzene rings is 1. The zero-order valence-electron chi connectivity index (χ0n) is 16.5. The number of hydrogen-bond donors (Lipinski definition) is 2. The van der Waals surface area contributed by atoms with Gasteiger partial charge in [-0.1, -0.05) is 51.9 Å². The Morgan fingerprint density at radius 1 is 0.929 bits per heavy atom. The van der Waals surface area contributed by atoms with E-state index in [9.17, 15) is 4.79 Å². The zero-order chi connectivity index (χ0) is 20.0. The van der Waals surface area contributed by atoms with Crippen molar-refractivity contribution in [3.63, 3.8) is 0 Å². The summed E-state index contributed by atoms with van der Waals surface area (Å²) in [5, 5.41) is 5.47. The van der Waals surface area contributed by atoms with E-state index < -0.39 is 0 Å². The minimum atomic E-state index is -0.331. The van der Waals surface area contributed by atoms with Crippen LogP contribution in [0.5, 0.6) is 5.75 Å². The Morgan fingerprint density at radius 2 is 1.61 bits per heavy atom. The molecule has 1 heterocycles. The molecule has 0 spiro atoms. The summed E-state index contributed by atoms with van der Waals surface area (Å²) >= 11 is 3.31. The molecule has 2 rings (SSSR count). The van der Waals surface area contributed by atoms with Gasteiger partial charge in [0, 0.05) is 16.4 Å². The third-order valence-corrected chi connectivity index (χ3v) is 4.82. The lowest BCUT2D eigenvalue weighted by atomic mass is 10.1. The molecule has 0 saturated carbocycles. The molecule has 0 atom stereocenters. The monoisotopic (exact) mass is 447 g/mol. The molecular formula is C22H30BrN3O2. The summed E-state index contributed by atoms with van der Waals surface area (Å²) in [6, 6.07) is 10.6. The molecule has 0 saturated heterocycles. The van der Waals surface area contributed by atoms with E-state index >= 15 is 0 Å². The number of ether oxygens (including phenoxy) is 1. The quantitative estimate of drug-likeness (QED) is 0.344. The summed E-state index contributed by atoms with van der Waals surface area (Å²) in [5.41, 5.74) is 0.703. The fourth-order valence-corrected chi connectivity index (χ4v) is 3.02. The first-order valence-corrected chi connectivity index (χ1v) is 10.9. The van der Waals surface area contributed by atoms with Crippen molar-refractivity contribution >= 4 is 33.5 Å². The maximum Gasteiger partial charge on any atom is 0.324 e. The topological polar surface area (TPSA) is 63.2 Å². The van der Waals surface area contributed by atoms with E-state index in [1.165, 1.54) is 44.9 Å². The van der Waals surface area contributed by atoms with E-state index in [-0.39, 0.29) is 6.03 Å². The predicted octanol–water partition coefficient (Wildman–Crippen LogP) is 7.01. The van der Waals surface area contributed by atoms with Gasteiger partial charge in [-0.25, -0.2) is 9.78 Å². The van der Waals surface area contributed by atoms with E-state index in [4.69, 9.17) is 4.74 Å². The molecule has 1 aromatic carbocycles. The molecular weight excluding hydrogens is 418 g/mol. The standard InChI is InChI=1S/C22H30BrN3O2/c1-2-3-4-5-6-7-8-9-16-28-20-13-11-19(12-14-20)25-22(27)26-21-15-10-18(23)17-24-21/h10-15,17H,2-9,16H2,1H3,(H2,24,25,26,27). The van der Waals surface area contributed by atoms with Crippen molar-refractivity contribution in [2.75, 3.05) is 17.2 Å². The molecule has 0 aliphatic heterocycles. The van der Waals surface area contributed by atoms with Crippen LogP contribution in [0.25, 0.3) is 0 Å². The Hall–Kier alpha value is -2.08. The van der Waals surface area contributed by atoms with Crippen molar-refractivity contribution in [2.24, 2.45) is 0 Å². The number of halogens is 1. The van der Waals surface area contributed by atoms with Crippen LogP contribution in [0.3, 0.4) is 0 Å². The van der Waals surface area contributed by atoms with Gasteiger partial charge in [-0.05, 0) is 58.7 Å². The number of amides is 2. The Balaban J connectivity index is 1.60. The van der Waals surface area contributed by atoms with Crippen molar-refractivity contribution in [3.05, 3.63) is 47.1 Å². The van der Waals surface area contributed by atoms with E-state index in [1.54, 1.807) is 12.3 Å². The highest BCUT2D eigenvalue weighted by Crippen LogP contribution is 2.17. The van der Waals surface area contributed by atoms with Crippen molar-refractivity contribution in [2.45, 2.75) is 58.3 Å². The molecule has 6 heteroatoms. The van der Waals surface area contributed by atoms with Crippen LogP contribution in [0.1, 0.15) is 58.3 Å². The molecule has 2 N–H and O–H groups in total. The fraction of sp³-hybridized carbons (Fsp3) is 0.455. The smallest absolute Gasteiger partial charge is 0.324 e. The number of anilines is 2. The lowest BCUT2D eigenvalue weighted by molar-refractivity contribution is 0.262. The molecule has 0 aliphatic carbocycles. The Labute approximate surface area is 176 Å². The molecule has 152 valence electrons. The largest absolute Gasteiger partial charge is 0.494 e. The number of carbonyl (C=O) groups excluding carboxylic acids is 1. The maximum atomic E-state index is 12.0. The van der Waals surface area contributed by atoms with Crippen LogP contribution in [-0.4, -0.2) is 17.6 Å². The Morgan fingerprint density at radius 3 is 2.25 bits per heavy atom. The lowest BCUT2D eigenvalue weighted by Gasteiger charge is -2.09. The number of unbranched alkanes of at least 4 members (excludes halogenated alkanes) is 7. The molecule has 0 radical (unpaired) electrons. The molecule has 2 amide bonds. The highest BCUT2D eigenvalue weighted by molar-refractivity contribution is 9.10. The number of hydrogen-bond acceptors (Lipinski definition) is 3. The van der Waals surface area contributed by atoms with Crippen LogP contribution in [0.4, 0.5) is 16.3 Å². The SMILES string of the molecule is CCCCCCCCCCOc1ccc(NC(=O)Nc2ccc(Br)cn2)cc1. The molecule has 1 aromatic heterocycles. The minimum Gasteiger partial charge on any atom is -0.494 e. The van der Waals surface area contributed by atoms with Crippen LogP contribution < -0.4 is 15.4 Å². The van der Waals surface area contributed by atoms with Gasteiger partial charge in [-0.3, -0.25) is 5.32 Å². The third-order valence-electron chi connectivity index (χ3n) is 4.35. The van der Waals surface area contributed by atoms with E-state index in [0.717, 1.165) is 23.2 Å². The number of rotatable bonds is 12. The van der Waals surface area contributed by atoms with E-state index in [2.05, 4.69) is 38.5 Å². The molecule has 5 nitrogen and oxygen atoms in total. The number of carbonyl (C=O) groups is 1. The second kappa shape index (κ2) is 13.2. The first-order chi connectivity index (χ1) is 13.7. The second-order valence-corrected chi connectivity index (χ2v) is 7.70. The van der Waals surface area contributed by atoms with Gasteiger partial charge in [0.05, 0.1) is 6.61 Å². The number of urea groups is 1. The fourth-order valence-electron chi connectivity index (χ4n) is 2.79. The molecule has 2 aromatic rings. The van der Waals surface area contributed by atoms with Gasteiger partial charge in [0.1, 0.15) is 11.6 Å². The van der Waals surface area contributed by atoms with Crippen molar-refractivity contribution in [1.82, 2.24) is 4.98 Å². The van der Waals surface area contributed by atoms with Gasteiger partial charge in [0.15, 0.2) is 0 Å². The summed E-state index contributed by atoms with van der Waals surface area (Å²) in [5.74, 6) is 1.31. The van der Waals surface area contributed by atoms with Crippen LogP contribution in [0, 0.1) is 0 Å².